The second-order valence-corrected chi connectivity index (χ2v) is 5.60. The number of amides is 1. The fourth-order valence-electron chi connectivity index (χ4n) is 2.48. The van der Waals surface area contributed by atoms with Gasteiger partial charge in [0.2, 0.25) is 5.91 Å². The van der Waals surface area contributed by atoms with Crippen molar-refractivity contribution in [1.29, 1.82) is 0 Å². The molecule has 1 heterocycles. The lowest BCUT2D eigenvalue weighted by molar-refractivity contribution is -0.126. The van der Waals surface area contributed by atoms with E-state index >= 15 is 0 Å². The van der Waals surface area contributed by atoms with Gasteiger partial charge in [-0.25, -0.2) is 0 Å². The number of ether oxygens (including phenoxy) is 1. The summed E-state index contributed by atoms with van der Waals surface area (Å²) in [6, 6.07) is 9.46. The third-order valence-electron chi connectivity index (χ3n) is 3.87. The van der Waals surface area contributed by atoms with Crippen LogP contribution in [0.3, 0.4) is 0 Å². The average Bonchev–Trinajstić information content (AvgIpc) is 2.49. The van der Waals surface area contributed by atoms with Crippen molar-refractivity contribution in [1.82, 2.24) is 5.32 Å². The minimum Gasteiger partial charge on any atom is -0.378 e. The van der Waals surface area contributed by atoms with E-state index in [1.54, 1.807) is 6.92 Å². The van der Waals surface area contributed by atoms with Crippen LogP contribution in [0.25, 0.3) is 0 Å². The number of hydrogen-bond donors (Lipinski definition) is 2. The molecule has 2 rings (SSSR count). The van der Waals surface area contributed by atoms with E-state index in [0.717, 1.165) is 31.4 Å². The Morgan fingerprint density at radius 3 is 2.71 bits per heavy atom. The Kier molecular flexibility index (Phi) is 7.15. The van der Waals surface area contributed by atoms with Crippen LogP contribution in [0.5, 0.6) is 0 Å². The molecule has 4 nitrogen and oxygen atoms in total. The van der Waals surface area contributed by atoms with Gasteiger partial charge in [-0.3, -0.25) is 4.79 Å². The van der Waals surface area contributed by atoms with Crippen LogP contribution < -0.4 is 11.1 Å². The van der Waals surface area contributed by atoms with Crippen molar-refractivity contribution in [2.45, 2.75) is 44.2 Å². The maximum absolute atomic E-state index is 12.2. The van der Waals surface area contributed by atoms with Crippen LogP contribution in [0, 0.1) is 0 Å². The third-order valence-corrected chi connectivity index (χ3v) is 3.87. The van der Waals surface area contributed by atoms with Gasteiger partial charge < -0.3 is 15.8 Å². The van der Waals surface area contributed by atoms with E-state index in [2.05, 4.69) is 5.32 Å². The molecule has 1 aromatic rings. The number of nitrogens with two attached hydrogens (primary N) is 1. The summed E-state index contributed by atoms with van der Waals surface area (Å²) in [4.78, 5) is 12.2. The van der Waals surface area contributed by atoms with Gasteiger partial charge in [-0.1, -0.05) is 30.3 Å². The molecule has 0 bridgehead atoms. The topological polar surface area (TPSA) is 64.4 Å². The monoisotopic (exact) mass is 312 g/mol. The minimum absolute atomic E-state index is 0. The first kappa shape index (κ1) is 18.0. The standard InChI is InChI=1S/C16H24N2O2.ClH/c1-16(17,13-7-3-2-4-8-13)15(19)18-11-10-14-9-5-6-12-20-14;/h2-4,7-8,14H,5-6,9-12,17H2,1H3,(H,18,19);1H. The summed E-state index contributed by atoms with van der Waals surface area (Å²) in [7, 11) is 0. The van der Waals surface area contributed by atoms with Gasteiger partial charge in [0.1, 0.15) is 5.54 Å². The lowest BCUT2D eigenvalue weighted by atomic mass is 9.92. The minimum atomic E-state index is -0.991. The molecule has 3 N–H and O–H groups in total. The first-order valence-corrected chi connectivity index (χ1v) is 7.35. The number of rotatable bonds is 5. The zero-order valence-corrected chi connectivity index (χ0v) is 13.3. The Morgan fingerprint density at radius 1 is 1.38 bits per heavy atom. The molecule has 2 unspecified atom stereocenters. The van der Waals surface area contributed by atoms with Gasteiger partial charge in [0.05, 0.1) is 6.10 Å². The Morgan fingerprint density at radius 2 is 2.10 bits per heavy atom. The van der Waals surface area contributed by atoms with E-state index in [9.17, 15) is 4.79 Å². The molecule has 1 saturated heterocycles. The normalized spacial score (nSPS) is 21.0. The largest absolute Gasteiger partial charge is 0.378 e. The number of benzene rings is 1. The zero-order chi connectivity index (χ0) is 14.4. The molecule has 0 saturated carbocycles. The second-order valence-electron chi connectivity index (χ2n) is 5.60. The van der Waals surface area contributed by atoms with Gasteiger partial charge in [0.25, 0.3) is 0 Å². The van der Waals surface area contributed by atoms with E-state index in [1.165, 1.54) is 6.42 Å². The van der Waals surface area contributed by atoms with Gasteiger partial charge in [-0.05, 0) is 38.2 Å². The van der Waals surface area contributed by atoms with Gasteiger partial charge >= 0.3 is 0 Å². The molecule has 2 atom stereocenters. The van der Waals surface area contributed by atoms with Crippen molar-refractivity contribution in [3.8, 4) is 0 Å². The molecule has 1 aliphatic rings. The maximum Gasteiger partial charge on any atom is 0.244 e. The summed E-state index contributed by atoms with van der Waals surface area (Å²) in [5.74, 6) is -0.139. The van der Waals surface area contributed by atoms with Gasteiger partial charge in [-0.15, -0.1) is 12.4 Å². The highest BCUT2D eigenvalue weighted by Crippen LogP contribution is 2.18. The smallest absolute Gasteiger partial charge is 0.244 e. The molecule has 5 heteroatoms. The van der Waals surface area contributed by atoms with E-state index in [4.69, 9.17) is 10.5 Å². The first-order valence-electron chi connectivity index (χ1n) is 7.35. The first-order chi connectivity index (χ1) is 9.60. The molecule has 21 heavy (non-hydrogen) atoms. The molecular weight excluding hydrogens is 288 g/mol. The average molecular weight is 313 g/mol. The summed E-state index contributed by atoms with van der Waals surface area (Å²) >= 11 is 0. The Balaban J connectivity index is 0.00000220. The Labute approximate surface area is 132 Å². The van der Waals surface area contributed by atoms with Crippen LogP contribution >= 0.6 is 12.4 Å². The fraction of sp³-hybridized carbons (Fsp3) is 0.562. The lowest BCUT2D eigenvalue weighted by Crippen LogP contribution is -2.49. The quantitative estimate of drug-likeness (QED) is 0.877. The van der Waals surface area contributed by atoms with Crippen LogP contribution in [0.4, 0.5) is 0 Å². The predicted molar refractivity (Wildman–Crippen MR) is 86.4 cm³/mol. The number of carbonyl (C=O) groups is 1. The summed E-state index contributed by atoms with van der Waals surface area (Å²) in [6.45, 7) is 3.20. The van der Waals surface area contributed by atoms with Gasteiger partial charge in [0.15, 0.2) is 0 Å². The van der Waals surface area contributed by atoms with Crippen LogP contribution in [0.2, 0.25) is 0 Å². The van der Waals surface area contributed by atoms with Crippen molar-refractivity contribution in [2.75, 3.05) is 13.2 Å². The van der Waals surface area contributed by atoms with E-state index < -0.39 is 5.54 Å². The molecule has 0 aromatic heterocycles. The summed E-state index contributed by atoms with van der Waals surface area (Å²) in [5.41, 5.74) is 5.99. The van der Waals surface area contributed by atoms with Crippen LogP contribution in [-0.4, -0.2) is 25.2 Å². The summed E-state index contributed by atoms with van der Waals surface area (Å²) in [6.07, 6.45) is 4.60. The van der Waals surface area contributed by atoms with Crippen molar-refractivity contribution in [3.05, 3.63) is 35.9 Å². The second kappa shape index (κ2) is 8.37. The van der Waals surface area contributed by atoms with Gasteiger partial charge in [0, 0.05) is 13.2 Å². The van der Waals surface area contributed by atoms with Crippen LogP contribution in [-0.2, 0) is 15.1 Å². The molecule has 0 aliphatic carbocycles. The van der Waals surface area contributed by atoms with Gasteiger partial charge in [-0.2, -0.15) is 0 Å². The molecular formula is C16H25ClN2O2. The predicted octanol–water partition coefficient (Wildman–Crippen LogP) is 2.36. The maximum atomic E-state index is 12.2. The fourth-order valence-corrected chi connectivity index (χ4v) is 2.48. The zero-order valence-electron chi connectivity index (χ0n) is 12.5. The molecule has 1 aliphatic heterocycles. The molecule has 118 valence electrons. The van der Waals surface area contributed by atoms with Crippen molar-refractivity contribution >= 4 is 18.3 Å². The van der Waals surface area contributed by atoms with Crippen LogP contribution in [0.1, 0.15) is 38.2 Å². The van der Waals surface area contributed by atoms with Crippen molar-refractivity contribution < 1.29 is 9.53 Å². The molecule has 1 amide bonds. The number of hydrogen-bond acceptors (Lipinski definition) is 3. The Hall–Kier alpha value is -1.10. The molecule has 0 radical (unpaired) electrons. The van der Waals surface area contributed by atoms with E-state index in [-0.39, 0.29) is 24.4 Å². The SMILES string of the molecule is CC(N)(C(=O)NCCC1CCCCO1)c1ccccc1.Cl. The highest BCUT2D eigenvalue weighted by molar-refractivity contribution is 5.86. The van der Waals surface area contributed by atoms with Crippen LogP contribution in [0.15, 0.2) is 30.3 Å². The molecule has 1 aromatic carbocycles. The Bertz CT molecular complexity index is 431. The number of halogens is 1. The lowest BCUT2D eigenvalue weighted by Gasteiger charge is -2.26. The highest BCUT2D eigenvalue weighted by Gasteiger charge is 2.30. The highest BCUT2D eigenvalue weighted by atomic mass is 35.5. The number of carbonyl (C=O) groups excluding carboxylic acids is 1. The van der Waals surface area contributed by atoms with E-state index in [1.807, 2.05) is 30.3 Å². The van der Waals surface area contributed by atoms with Crippen molar-refractivity contribution in [2.24, 2.45) is 5.73 Å². The molecule has 1 fully saturated rings. The van der Waals surface area contributed by atoms with Crippen molar-refractivity contribution in [3.63, 3.8) is 0 Å². The van der Waals surface area contributed by atoms with E-state index in [0.29, 0.717) is 6.54 Å². The summed E-state index contributed by atoms with van der Waals surface area (Å²) < 4.78 is 5.65. The summed E-state index contributed by atoms with van der Waals surface area (Å²) in [5, 5.41) is 2.92. The third kappa shape index (κ3) is 4.99. The molecule has 0 spiro atoms. The number of nitrogens with one attached hydrogen (secondary N) is 1.